The van der Waals surface area contributed by atoms with E-state index >= 15 is 0 Å². The van der Waals surface area contributed by atoms with Gasteiger partial charge in [-0.05, 0) is 87.3 Å². The van der Waals surface area contributed by atoms with Gasteiger partial charge in [0.1, 0.15) is 0 Å². The second-order valence-corrected chi connectivity index (χ2v) is 12.6. The highest BCUT2D eigenvalue weighted by atomic mass is 19.4. The van der Waals surface area contributed by atoms with Gasteiger partial charge in [-0.2, -0.15) is 13.2 Å². The number of Topliss-reactive ketones (excluding diaryl/α,β-unsaturated/α-hetero) is 1. The predicted octanol–water partition coefficient (Wildman–Crippen LogP) is 6.38. The Morgan fingerprint density at radius 3 is 2.21 bits per heavy atom. The Balaban J connectivity index is 1.17. The molecule has 2 saturated heterocycles. The number of para-hydroxylation sites is 2. The zero-order valence-corrected chi connectivity index (χ0v) is 27.2. The Hall–Kier alpha value is -4.58. The van der Waals surface area contributed by atoms with Crippen LogP contribution < -0.4 is 14.2 Å². The van der Waals surface area contributed by atoms with E-state index < -0.39 is 17.2 Å². The van der Waals surface area contributed by atoms with E-state index in [0.29, 0.717) is 87.0 Å². The number of aromatic amines is 1. The number of carbonyl (C=O) groups excluding carboxylic acids is 2. The number of benzene rings is 3. The molecule has 0 spiro atoms. The quantitative estimate of drug-likeness (QED) is 0.197. The maximum atomic E-state index is 13.8. The molecule has 1 atom stereocenters. The van der Waals surface area contributed by atoms with Crippen LogP contribution in [0.1, 0.15) is 57.8 Å². The number of hydrogen-bond acceptors (Lipinski definition) is 7. The molecule has 4 aromatic rings. The lowest BCUT2D eigenvalue weighted by Crippen LogP contribution is -2.41. The van der Waals surface area contributed by atoms with E-state index in [1.807, 2.05) is 24.3 Å². The highest BCUT2D eigenvalue weighted by Gasteiger charge is 2.43. The number of H-pyrrole nitrogens is 1. The number of likely N-dealkylation sites (tertiary alicyclic amines) is 2. The van der Waals surface area contributed by atoms with Crippen molar-refractivity contribution in [3.8, 4) is 17.2 Å². The first kappa shape index (κ1) is 33.3. The Kier molecular flexibility index (Phi) is 9.37. The lowest BCUT2D eigenvalue weighted by atomic mass is 9.76. The molecule has 254 valence electrons. The van der Waals surface area contributed by atoms with Crippen molar-refractivity contribution in [3.63, 3.8) is 0 Å². The molecule has 9 nitrogen and oxygen atoms in total. The van der Waals surface area contributed by atoms with Crippen LogP contribution in [0.15, 0.2) is 60.7 Å². The molecule has 0 radical (unpaired) electrons. The third-order valence-corrected chi connectivity index (χ3v) is 9.87. The third kappa shape index (κ3) is 6.58. The molecule has 0 bridgehead atoms. The molecule has 2 aliphatic rings. The number of nitrogens with one attached hydrogen (secondary N) is 1. The molecule has 3 aromatic carbocycles. The van der Waals surface area contributed by atoms with Crippen LogP contribution in [0.2, 0.25) is 0 Å². The van der Waals surface area contributed by atoms with Gasteiger partial charge in [0.25, 0.3) is 5.91 Å². The van der Waals surface area contributed by atoms with Crippen molar-refractivity contribution in [1.29, 1.82) is 0 Å². The summed E-state index contributed by atoms with van der Waals surface area (Å²) in [5.41, 5.74) is 1.47. The molecule has 1 unspecified atom stereocenters. The van der Waals surface area contributed by atoms with E-state index in [0.717, 1.165) is 28.7 Å². The largest absolute Gasteiger partial charge is 0.493 e. The summed E-state index contributed by atoms with van der Waals surface area (Å²) in [4.78, 5) is 38.8. The lowest BCUT2D eigenvalue weighted by molar-refractivity contribution is -0.137. The van der Waals surface area contributed by atoms with Gasteiger partial charge >= 0.3 is 6.18 Å². The molecule has 2 aliphatic heterocycles. The topological polar surface area (TPSA) is 97.0 Å². The first-order chi connectivity index (χ1) is 23.0. The van der Waals surface area contributed by atoms with Gasteiger partial charge in [-0.3, -0.25) is 9.59 Å². The van der Waals surface area contributed by atoms with Gasteiger partial charge < -0.3 is 29.0 Å². The summed E-state index contributed by atoms with van der Waals surface area (Å²) in [5, 5.41) is 0. The fourth-order valence-corrected chi connectivity index (χ4v) is 7.08. The molecule has 48 heavy (non-hydrogen) atoms. The van der Waals surface area contributed by atoms with Gasteiger partial charge in [0.15, 0.2) is 17.3 Å². The van der Waals surface area contributed by atoms with E-state index in [2.05, 4.69) is 14.9 Å². The van der Waals surface area contributed by atoms with Crippen LogP contribution in [0, 0.1) is 5.92 Å². The number of hydrogen-bond donors (Lipinski definition) is 1. The molecule has 12 heteroatoms. The minimum absolute atomic E-state index is 0.0174. The predicted molar refractivity (Wildman–Crippen MR) is 174 cm³/mol. The Morgan fingerprint density at radius 1 is 0.938 bits per heavy atom. The van der Waals surface area contributed by atoms with E-state index in [4.69, 9.17) is 14.2 Å². The zero-order chi connectivity index (χ0) is 34.1. The number of rotatable bonds is 10. The monoisotopic (exact) mass is 664 g/mol. The number of methoxy groups -OCH3 is 3. The molecule has 3 heterocycles. The fourth-order valence-electron chi connectivity index (χ4n) is 7.08. The van der Waals surface area contributed by atoms with Crippen molar-refractivity contribution in [2.24, 2.45) is 5.92 Å². The van der Waals surface area contributed by atoms with Crippen LogP contribution in [0.3, 0.4) is 0 Å². The second kappa shape index (κ2) is 13.5. The summed E-state index contributed by atoms with van der Waals surface area (Å²) >= 11 is 0. The molecule has 0 saturated carbocycles. The van der Waals surface area contributed by atoms with E-state index in [1.54, 1.807) is 29.2 Å². The van der Waals surface area contributed by atoms with Gasteiger partial charge in [0, 0.05) is 30.0 Å². The van der Waals surface area contributed by atoms with Crippen molar-refractivity contribution in [2.75, 3.05) is 54.1 Å². The van der Waals surface area contributed by atoms with Gasteiger partial charge in [-0.1, -0.05) is 24.3 Å². The maximum absolute atomic E-state index is 13.8. The van der Waals surface area contributed by atoms with Crippen molar-refractivity contribution < 1.29 is 37.0 Å². The summed E-state index contributed by atoms with van der Waals surface area (Å²) in [6.07, 6.45) is -1.83. The number of alkyl halides is 3. The average molecular weight is 665 g/mol. The van der Waals surface area contributed by atoms with Crippen LogP contribution in [0.25, 0.3) is 11.0 Å². The Bertz CT molecular complexity index is 1720. The van der Waals surface area contributed by atoms with E-state index in [1.165, 1.54) is 21.3 Å². The summed E-state index contributed by atoms with van der Waals surface area (Å²) in [7, 11) is 4.45. The minimum atomic E-state index is -4.44. The summed E-state index contributed by atoms with van der Waals surface area (Å²) < 4.78 is 56.6. The van der Waals surface area contributed by atoms with Crippen molar-refractivity contribution in [3.05, 3.63) is 83.2 Å². The van der Waals surface area contributed by atoms with Crippen molar-refractivity contribution >= 4 is 22.7 Å². The number of nitrogens with zero attached hydrogens (tertiary/aromatic N) is 3. The number of fused-ring (bicyclic) bond motifs is 1. The van der Waals surface area contributed by atoms with Gasteiger partial charge in [-0.15, -0.1) is 0 Å². The van der Waals surface area contributed by atoms with Crippen LogP contribution in [0.5, 0.6) is 17.2 Å². The first-order valence-electron chi connectivity index (χ1n) is 16.0. The number of imidazole rings is 1. The lowest BCUT2D eigenvalue weighted by Gasteiger charge is -2.36. The normalized spacial score (nSPS) is 19.1. The number of aromatic nitrogens is 2. The Morgan fingerprint density at radius 2 is 1.60 bits per heavy atom. The standard InChI is InChI=1S/C36H39F3N4O5/c1-46-29-20-24(21-30(47-2)32(29)48-3)34(45)43-19-15-35(22-43,25-8-10-26(11-9-25)36(37,38)39)14-18-42-16-12-23(13-17-42)31(44)33-40-27-6-4-5-7-28(27)41-33/h4-11,20-21,23H,12-19,22H2,1-3H3,(H,40,41). The van der Waals surface area contributed by atoms with Gasteiger partial charge in [0.2, 0.25) is 11.5 Å². The van der Waals surface area contributed by atoms with Gasteiger partial charge in [0.05, 0.1) is 37.9 Å². The molecule has 1 N–H and O–H groups in total. The molecular formula is C36H39F3N4O5. The number of carbonyl (C=O) groups is 2. The minimum Gasteiger partial charge on any atom is -0.493 e. The zero-order valence-electron chi connectivity index (χ0n) is 27.2. The van der Waals surface area contributed by atoms with Crippen LogP contribution in [-0.2, 0) is 11.6 Å². The molecule has 6 rings (SSSR count). The van der Waals surface area contributed by atoms with E-state index in [-0.39, 0.29) is 17.6 Å². The first-order valence-corrected chi connectivity index (χ1v) is 16.0. The summed E-state index contributed by atoms with van der Waals surface area (Å²) in [6, 6.07) is 16.1. The van der Waals surface area contributed by atoms with Crippen LogP contribution >= 0.6 is 0 Å². The number of ketones is 1. The third-order valence-electron chi connectivity index (χ3n) is 9.87. The molecular weight excluding hydrogens is 625 g/mol. The molecule has 0 aliphatic carbocycles. The second-order valence-electron chi connectivity index (χ2n) is 12.6. The molecule has 2 fully saturated rings. The Labute approximate surface area is 277 Å². The number of piperidine rings is 1. The average Bonchev–Trinajstić information content (AvgIpc) is 3.75. The maximum Gasteiger partial charge on any atom is 0.416 e. The van der Waals surface area contributed by atoms with Crippen LogP contribution in [0.4, 0.5) is 13.2 Å². The number of ether oxygens (including phenoxy) is 3. The SMILES string of the molecule is COc1cc(C(=O)N2CCC(CCN3CCC(C(=O)c4nc5ccccc5[nH]4)CC3)(c3ccc(C(F)(F)F)cc3)C2)cc(OC)c1OC. The summed E-state index contributed by atoms with van der Waals surface area (Å²) in [6.45, 7) is 2.89. The van der Waals surface area contributed by atoms with Crippen LogP contribution in [-0.4, -0.2) is 85.5 Å². The van der Waals surface area contributed by atoms with E-state index in [9.17, 15) is 22.8 Å². The highest BCUT2D eigenvalue weighted by Crippen LogP contribution is 2.42. The highest BCUT2D eigenvalue weighted by molar-refractivity contribution is 5.97. The van der Waals surface area contributed by atoms with Gasteiger partial charge in [-0.25, -0.2) is 4.98 Å². The smallest absolute Gasteiger partial charge is 0.416 e. The number of halogens is 3. The number of amides is 1. The molecule has 1 amide bonds. The van der Waals surface area contributed by atoms with Crippen molar-refractivity contribution in [1.82, 2.24) is 19.8 Å². The van der Waals surface area contributed by atoms with Crippen molar-refractivity contribution in [2.45, 2.75) is 37.3 Å². The summed E-state index contributed by atoms with van der Waals surface area (Å²) in [5.74, 6) is 1.13. The fraction of sp³-hybridized carbons (Fsp3) is 0.417. The molecule has 1 aromatic heterocycles.